The van der Waals surface area contributed by atoms with Crippen LogP contribution in [-0.4, -0.2) is 30.0 Å². The average molecular weight is 350 g/mol. The summed E-state index contributed by atoms with van der Waals surface area (Å²) >= 11 is 11.9. The van der Waals surface area contributed by atoms with E-state index in [4.69, 9.17) is 23.2 Å². The molecule has 0 aliphatic heterocycles. The van der Waals surface area contributed by atoms with Gasteiger partial charge in [-0.05, 0) is 12.1 Å². The van der Waals surface area contributed by atoms with Crippen LogP contribution in [0, 0.1) is 0 Å². The second-order valence-corrected chi connectivity index (χ2v) is 6.74. The van der Waals surface area contributed by atoms with Crippen LogP contribution in [0.15, 0.2) is 29.6 Å². The average Bonchev–Trinajstić information content (AvgIpc) is 2.92. The van der Waals surface area contributed by atoms with Crippen molar-refractivity contribution < 1.29 is 13.5 Å². The highest BCUT2D eigenvalue weighted by atomic mass is 35.5. The fraction of sp³-hybridized carbons (Fsp3) is 0.250. The molecule has 0 unspecified atom stereocenters. The number of sulfonamides is 1. The molecule has 2 aromatic rings. The van der Waals surface area contributed by atoms with Gasteiger partial charge in [-0.25, -0.2) is 18.1 Å². The third-order valence-corrected chi connectivity index (χ3v) is 5.24. The molecule has 0 aliphatic carbocycles. The number of nitrogens with zero attached hydrogens (tertiary/aromatic N) is 1. The summed E-state index contributed by atoms with van der Waals surface area (Å²) in [6.45, 7) is -0.243. The summed E-state index contributed by atoms with van der Waals surface area (Å²) in [6.07, 6.45) is 3.61. The van der Waals surface area contributed by atoms with Gasteiger partial charge >= 0.3 is 0 Å². The molecule has 0 bridgehead atoms. The van der Waals surface area contributed by atoms with Gasteiger partial charge in [-0.3, -0.25) is 0 Å². The summed E-state index contributed by atoms with van der Waals surface area (Å²) in [5.74, 6) is 0. The van der Waals surface area contributed by atoms with Crippen molar-refractivity contribution in [1.82, 2.24) is 14.7 Å². The van der Waals surface area contributed by atoms with E-state index in [2.05, 4.69) is 14.7 Å². The topological polar surface area (TPSA) is 95.1 Å². The Morgan fingerprint density at radius 2 is 2.10 bits per heavy atom. The minimum Gasteiger partial charge on any atom is -0.392 e. The Bertz CT molecular complexity index is 718. The van der Waals surface area contributed by atoms with E-state index < -0.39 is 16.6 Å². The lowest BCUT2D eigenvalue weighted by Gasteiger charge is -2.11. The van der Waals surface area contributed by atoms with E-state index in [1.807, 2.05) is 0 Å². The van der Waals surface area contributed by atoms with Gasteiger partial charge in [-0.15, -0.1) is 0 Å². The SMILES string of the molecule is O=S(=O)(NCCc1cnc[nH]1)c1ccc(Cl)c(CO)c1Cl. The molecular formula is C12H13Cl2N3O3S. The maximum absolute atomic E-state index is 12.2. The van der Waals surface area contributed by atoms with Gasteiger partial charge in [0, 0.05) is 35.4 Å². The lowest BCUT2D eigenvalue weighted by atomic mass is 10.2. The van der Waals surface area contributed by atoms with Crippen molar-refractivity contribution in [2.75, 3.05) is 6.54 Å². The molecule has 0 saturated heterocycles. The van der Waals surface area contributed by atoms with Gasteiger partial charge in [-0.2, -0.15) is 0 Å². The number of hydrogen-bond acceptors (Lipinski definition) is 4. The van der Waals surface area contributed by atoms with Crippen molar-refractivity contribution in [2.24, 2.45) is 0 Å². The zero-order chi connectivity index (χ0) is 15.5. The predicted molar refractivity (Wildman–Crippen MR) is 79.9 cm³/mol. The number of aromatic amines is 1. The van der Waals surface area contributed by atoms with Crippen molar-refractivity contribution >= 4 is 33.2 Å². The van der Waals surface area contributed by atoms with Crippen LogP contribution in [0.5, 0.6) is 0 Å². The van der Waals surface area contributed by atoms with Crippen LogP contribution in [0.3, 0.4) is 0 Å². The van der Waals surface area contributed by atoms with E-state index in [0.29, 0.717) is 6.42 Å². The number of aromatic nitrogens is 2. The normalized spacial score (nSPS) is 11.8. The molecule has 0 radical (unpaired) electrons. The van der Waals surface area contributed by atoms with Gasteiger partial charge < -0.3 is 10.1 Å². The van der Waals surface area contributed by atoms with Crippen molar-refractivity contribution in [3.8, 4) is 0 Å². The van der Waals surface area contributed by atoms with Crippen LogP contribution in [0.2, 0.25) is 10.0 Å². The number of nitrogens with one attached hydrogen (secondary N) is 2. The first-order chi connectivity index (χ1) is 9.95. The number of rotatable bonds is 6. The molecule has 0 amide bonds. The second kappa shape index (κ2) is 6.76. The van der Waals surface area contributed by atoms with E-state index in [9.17, 15) is 13.5 Å². The third-order valence-electron chi connectivity index (χ3n) is 2.84. The standard InChI is InChI=1S/C12H13Cl2N3O3S/c13-10-1-2-11(12(14)9(10)6-18)21(19,20)17-4-3-8-5-15-7-16-8/h1-2,5,7,17-18H,3-4,6H2,(H,15,16). The minimum atomic E-state index is -3.78. The van der Waals surface area contributed by atoms with E-state index in [0.717, 1.165) is 5.69 Å². The highest BCUT2D eigenvalue weighted by molar-refractivity contribution is 7.89. The summed E-state index contributed by atoms with van der Waals surface area (Å²) in [5, 5.41) is 9.35. The molecule has 0 atom stereocenters. The molecule has 1 aromatic heterocycles. The number of aliphatic hydroxyl groups excluding tert-OH is 1. The number of halogens is 2. The summed E-state index contributed by atoms with van der Waals surface area (Å²) < 4.78 is 26.9. The number of hydrogen-bond donors (Lipinski definition) is 3. The van der Waals surface area contributed by atoms with Gasteiger partial charge in [0.05, 0.1) is 18.0 Å². The number of benzene rings is 1. The maximum atomic E-state index is 12.2. The van der Waals surface area contributed by atoms with Crippen LogP contribution >= 0.6 is 23.2 Å². The molecule has 2 rings (SSSR count). The molecule has 0 saturated carbocycles. The zero-order valence-electron chi connectivity index (χ0n) is 10.8. The van der Waals surface area contributed by atoms with E-state index in [1.165, 1.54) is 18.5 Å². The van der Waals surface area contributed by atoms with E-state index >= 15 is 0 Å². The molecule has 6 nitrogen and oxygen atoms in total. The Kier molecular flexibility index (Phi) is 5.23. The van der Waals surface area contributed by atoms with Gasteiger partial charge in [0.25, 0.3) is 0 Å². The predicted octanol–water partition coefficient (Wildman–Crippen LogP) is 1.73. The van der Waals surface area contributed by atoms with Crippen LogP contribution in [0.1, 0.15) is 11.3 Å². The fourth-order valence-corrected chi connectivity index (χ4v) is 3.68. The Balaban J connectivity index is 2.16. The number of H-pyrrole nitrogens is 1. The number of aliphatic hydroxyl groups is 1. The van der Waals surface area contributed by atoms with Crippen LogP contribution in [0.25, 0.3) is 0 Å². The van der Waals surface area contributed by atoms with Gasteiger partial charge in [0.1, 0.15) is 4.90 Å². The summed E-state index contributed by atoms with van der Waals surface area (Å²) in [6, 6.07) is 2.70. The molecule has 0 aliphatic rings. The first-order valence-electron chi connectivity index (χ1n) is 6.00. The van der Waals surface area contributed by atoms with Crippen LogP contribution in [-0.2, 0) is 23.1 Å². The molecule has 0 fully saturated rings. The summed E-state index contributed by atoms with van der Waals surface area (Å²) in [5.41, 5.74) is 1.01. The number of imidazole rings is 1. The molecule has 0 spiro atoms. The monoisotopic (exact) mass is 349 g/mol. The first-order valence-corrected chi connectivity index (χ1v) is 8.24. The highest BCUT2D eigenvalue weighted by Gasteiger charge is 2.21. The van der Waals surface area contributed by atoms with Crippen molar-refractivity contribution in [1.29, 1.82) is 0 Å². The van der Waals surface area contributed by atoms with Gasteiger partial charge in [-0.1, -0.05) is 23.2 Å². The van der Waals surface area contributed by atoms with Crippen LogP contribution in [0.4, 0.5) is 0 Å². The minimum absolute atomic E-state index is 0.0703. The Morgan fingerprint density at radius 3 is 2.71 bits per heavy atom. The highest BCUT2D eigenvalue weighted by Crippen LogP contribution is 2.30. The molecule has 9 heteroatoms. The Labute approximate surface area is 132 Å². The fourth-order valence-electron chi connectivity index (χ4n) is 1.75. The van der Waals surface area contributed by atoms with Crippen LogP contribution < -0.4 is 4.72 Å². The molecule has 3 N–H and O–H groups in total. The molecular weight excluding hydrogens is 337 g/mol. The second-order valence-electron chi connectivity index (χ2n) is 4.22. The van der Waals surface area contributed by atoms with Gasteiger partial charge in [0.2, 0.25) is 10.0 Å². The smallest absolute Gasteiger partial charge is 0.242 e. The summed E-state index contributed by atoms with van der Waals surface area (Å²) in [4.78, 5) is 6.61. The van der Waals surface area contributed by atoms with Gasteiger partial charge in [0.15, 0.2) is 0 Å². The maximum Gasteiger partial charge on any atom is 0.242 e. The largest absolute Gasteiger partial charge is 0.392 e. The van der Waals surface area contributed by atoms with E-state index in [1.54, 1.807) is 6.20 Å². The van der Waals surface area contributed by atoms with Crippen molar-refractivity contribution in [2.45, 2.75) is 17.9 Å². The third kappa shape index (κ3) is 3.75. The lowest BCUT2D eigenvalue weighted by Crippen LogP contribution is -2.26. The lowest BCUT2D eigenvalue weighted by molar-refractivity contribution is 0.281. The zero-order valence-corrected chi connectivity index (χ0v) is 13.1. The van der Waals surface area contributed by atoms with Crippen molar-refractivity contribution in [3.63, 3.8) is 0 Å². The first kappa shape index (κ1) is 16.3. The Hall–Kier alpha value is -1.12. The molecule has 114 valence electrons. The quantitative estimate of drug-likeness (QED) is 0.739. The summed E-state index contributed by atoms with van der Waals surface area (Å²) in [7, 11) is -3.78. The molecule has 1 heterocycles. The van der Waals surface area contributed by atoms with E-state index in [-0.39, 0.29) is 27.0 Å². The molecule has 21 heavy (non-hydrogen) atoms. The Morgan fingerprint density at radius 1 is 1.33 bits per heavy atom. The molecule has 1 aromatic carbocycles. The van der Waals surface area contributed by atoms with Crippen molar-refractivity contribution in [3.05, 3.63) is 46.0 Å².